The third-order valence-electron chi connectivity index (χ3n) is 6.06. The quantitative estimate of drug-likeness (QED) is 0.562. The van der Waals surface area contributed by atoms with Crippen LogP contribution in [0.2, 0.25) is 0 Å². The van der Waals surface area contributed by atoms with Gasteiger partial charge in [0.1, 0.15) is 6.04 Å². The van der Waals surface area contributed by atoms with Crippen molar-refractivity contribution in [3.05, 3.63) is 58.3 Å². The molecule has 0 N–H and O–H groups in total. The smallest absolute Gasteiger partial charge is 0.235 e. The fraction of sp³-hybridized carbons (Fsp3) is 0.318. The molecule has 2 fully saturated rings. The summed E-state index contributed by atoms with van der Waals surface area (Å²) in [4.78, 5) is 43.9. The molecule has 2 amide bonds. The zero-order chi connectivity index (χ0) is 20.1. The molecular formula is C22H20N2O4S. The van der Waals surface area contributed by atoms with E-state index in [0.29, 0.717) is 4.88 Å². The lowest BCUT2D eigenvalue weighted by Gasteiger charge is -2.36. The van der Waals surface area contributed by atoms with Crippen LogP contribution in [-0.2, 0) is 14.3 Å². The Kier molecular flexibility index (Phi) is 4.37. The van der Waals surface area contributed by atoms with Gasteiger partial charge in [-0.1, -0.05) is 36.4 Å². The van der Waals surface area contributed by atoms with Crippen molar-refractivity contribution in [3.63, 3.8) is 0 Å². The zero-order valence-corrected chi connectivity index (χ0v) is 16.7. The van der Waals surface area contributed by atoms with E-state index in [0.717, 1.165) is 11.3 Å². The predicted molar refractivity (Wildman–Crippen MR) is 110 cm³/mol. The van der Waals surface area contributed by atoms with Crippen LogP contribution in [0.15, 0.2) is 47.9 Å². The van der Waals surface area contributed by atoms with E-state index in [2.05, 4.69) is 0 Å². The van der Waals surface area contributed by atoms with Gasteiger partial charge in [-0.25, -0.2) is 0 Å². The molecule has 0 saturated carbocycles. The highest BCUT2D eigenvalue weighted by atomic mass is 32.1. The van der Waals surface area contributed by atoms with Gasteiger partial charge in [-0.05, 0) is 23.1 Å². The van der Waals surface area contributed by atoms with Gasteiger partial charge in [-0.3, -0.25) is 19.3 Å². The van der Waals surface area contributed by atoms with E-state index in [1.807, 2.05) is 52.8 Å². The van der Waals surface area contributed by atoms with Crippen LogP contribution in [0, 0.1) is 11.8 Å². The number of likely N-dealkylation sites (tertiary alicyclic amines) is 1. The first-order valence-electron chi connectivity index (χ1n) is 9.61. The second kappa shape index (κ2) is 6.93. The lowest BCUT2D eigenvalue weighted by Crippen LogP contribution is -2.49. The third-order valence-corrected chi connectivity index (χ3v) is 6.94. The van der Waals surface area contributed by atoms with E-state index in [9.17, 15) is 14.4 Å². The van der Waals surface area contributed by atoms with Crippen molar-refractivity contribution in [2.45, 2.75) is 12.1 Å². The number of hydrogen-bond acceptors (Lipinski definition) is 6. The van der Waals surface area contributed by atoms with Crippen LogP contribution >= 0.6 is 11.3 Å². The van der Waals surface area contributed by atoms with Crippen molar-refractivity contribution >= 4 is 40.7 Å². The first kappa shape index (κ1) is 18.3. The van der Waals surface area contributed by atoms with Gasteiger partial charge < -0.3 is 9.64 Å². The number of ether oxygens (including phenoxy) is 1. The molecule has 4 atom stereocenters. The lowest BCUT2D eigenvalue weighted by molar-refractivity contribution is -0.141. The number of ketones is 1. The molecule has 0 radical (unpaired) electrons. The molecule has 6 nitrogen and oxygen atoms in total. The summed E-state index contributed by atoms with van der Waals surface area (Å²) in [5.74, 6) is -1.82. The summed E-state index contributed by atoms with van der Waals surface area (Å²) in [6.45, 7) is 0.502. The fourth-order valence-electron chi connectivity index (χ4n) is 4.84. The first-order chi connectivity index (χ1) is 14.1. The summed E-state index contributed by atoms with van der Waals surface area (Å²) in [6.07, 6.45) is 3.95. The number of imide groups is 1. The molecule has 0 unspecified atom stereocenters. The Morgan fingerprint density at radius 2 is 1.90 bits per heavy atom. The van der Waals surface area contributed by atoms with Crippen LogP contribution < -0.4 is 4.90 Å². The summed E-state index contributed by atoms with van der Waals surface area (Å²) in [5.41, 5.74) is 1.89. The minimum Gasteiger partial charge on any atom is -0.383 e. The van der Waals surface area contributed by atoms with Crippen molar-refractivity contribution in [1.82, 2.24) is 4.90 Å². The van der Waals surface area contributed by atoms with Crippen molar-refractivity contribution in [3.8, 4) is 0 Å². The van der Waals surface area contributed by atoms with Gasteiger partial charge >= 0.3 is 0 Å². The average Bonchev–Trinajstić information content (AvgIpc) is 3.44. The molecule has 3 aliphatic heterocycles. The number of para-hydroxylation sites is 1. The summed E-state index contributed by atoms with van der Waals surface area (Å²) in [5, 5.41) is 1.85. The molecule has 2 aromatic rings. The van der Waals surface area contributed by atoms with Crippen LogP contribution in [0.5, 0.6) is 0 Å². The largest absolute Gasteiger partial charge is 0.383 e. The van der Waals surface area contributed by atoms with Crippen molar-refractivity contribution in [2.75, 3.05) is 25.2 Å². The number of methoxy groups -OCH3 is 1. The monoisotopic (exact) mass is 408 g/mol. The Balaban J connectivity index is 1.62. The SMILES string of the molecule is COCCN1C(=O)[C@@H]2[C@H](C1=O)[C@H](C(=O)c1cccs1)N1c3ccccc3C=C[C@@H]21. The van der Waals surface area contributed by atoms with Gasteiger partial charge in [-0.2, -0.15) is 0 Å². The van der Waals surface area contributed by atoms with Gasteiger partial charge in [0.2, 0.25) is 11.8 Å². The molecule has 1 aromatic heterocycles. The van der Waals surface area contributed by atoms with Gasteiger partial charge in [0, 0.05) is 12.8 Å². The second-order valence-electron chi connectivity index (χ2n) is 7.47. The van der Waals surface area contributed by atoms with Gasteiger partial charge in [0.05, 0.1) is 35.9 Å². The van der Waals surface area contributed by atoms with E-state index < -0.39 is 17.9 Å². The Labute approximate surface area is 172 Å². The molecular weight excluding hydrogens is 388 g/mol. The van der Waals surface area contributed by atoms with E-state index in [1.54, 1.807) is 6.07 Å². The number of anilines is 1. The van der Waals surface area contributed by atoms with Gasteiger partial charge in [0.25, 0.3) is 0 Å². The number of carbonyl (C=O) groups excluding carboxylic acids is 3. The molecule has 0 spiro atoms. The minimum atomic E-state index is -0.696. The number of thiophene rings is 1. The maximum absolute atomic E-state index is 13.5. The molecule has 2 saturated heterocycles. The molecule has 5 rings (SSSR count). The molecule has 29 heavy (non-hydrogen) atoms. The summed E-state index contributed by atoms with van der Waals surface area (Å²) in [7, 11) is 1.54. The zero-order valence-electron chi connectivity index (χ0n) is 15.9. The number of rotatable bonds is 5. The topological polar surface area (TPSA) is 66.9 Å². The Morgan fingerprint density at radius 1 is 1.10 bits per heavy atom. The highest BCUT2D eigenvalue weighted by Crippen LogP contribution is 2.49. The van der Waals surface area contributed by atoms with E-state index in [4.69, 9.17) is 4.74 Å². The molecule has 4 heterocycles. The maximum Gasteiger partial charge on any atom is 0.235 e. The number of Topliss-reactive ketones (excluding diaryl/α,β-unsaturated/α-hetero) is 1. The number of amides is 2. The number of benzene rings is 1. The summed E-state index contributed by atoms with van der Waals surface area (Å²) >= 11 is 1.37. The highest BCUT2D eigenvalue weighted by molar-refractivity contribution is 7.12. The average molecular weight is 408 g/mol. The minimum absolute atomic E-state index is 0.0997. The van der Waals surface area contributed by atoms with E-state index in [1.165, 1.54) is 23.3 Å². The van der Waals surface area contributed by atoms with E-state index in [-0.39, 0.29) is 36.8 Å². The van der Waals surface area contributed by atoms with Crippen LogP contribution in [0.3, 0.4) is 0 Å². The van der Waals surface area contributed by atoms with Crippen LogP contribution in [-0.4, -0.2) is 54.8 Å². The van der Waals surface area contributed by atoms with Gasteiger partial charge in [-0.15, -0.1) is 11.3 Å². The number of carbonyl (C=O) groups is 3. The Bertz CT molecular complexity index is 1020. The van der Waals surface area contributed by atoms with Gasteiger partial charge in [0.15, 0.2) is 5.78 Å². The van der Waals surface area contributed by atoms with Crippen LogP contribution in [0.1, 0.15) is 15.2 Å². The third kappa shape index (κ3) is 2.61. The van der Waals surface area contributed by atoms with Crippen molar-refractivity contribution in [1.29, 1.82) is 0 Å². The second-order valence-corrected chi connectivity index (χ2v) is 8.42. The molecule has 148 valence electrons. The molecule has 0 aliphatic carbocycles. The molecule has 1 aromatic carbocycles. The normalized spacial score (nSPS) is 27.2. The standard InChI is InChI=1S/C22H20N2O4S/c1-28-11-10-23-21(26)17-15-9-8-13-5-2-3-6-14(13)24(15)19(18(17)22(23)27)20(25)16-7-4-12-29-16/h2-9,12,15,17-19H,10-11H2,1H3/t15-,17-,18-,19+/m0/s1. The Hall–Kier alpha value is -2.77. The highest BCUT2D eigenvalue weighted by Gasteiger charge is 2.63. The molecule has 7 heteroatoms. The number of fused-ring (bicyclic) bond motifs is 5. The lowest BCUT2D eigenvalue weighted by atomic mass is 9.87. The van der Waals surface area contributed by atoms with Crippen LogP contribution in [0.4, 0.5) is 5.69 Å². The van der Waals surface area contributed by atoms with Crippen LogP contribution in [0.25, 0.3) is 6.08 Å². The predicted octanol–water partition coefficient (Wildman–Crippen LogP) is 2.46. The van der Waals surface area contributed by atoms with Crippen molar-refractivity contribution in [2.24, 2.45) is 11.8 Å². The maximum atomic E-state index is 13.5. The Morgan fingerprint density at radius 3 is 2.66 bits per heavy atom. The van der Waals surface area contributed by atoms with E-state index >= 15 is 0 Å². The number of nitrogens with zero attached hydrogens (tertiary/aromatic N) is 2. The fourth-order valence-corrected chi connectivity index (χ4v) is 5.54. The summed E-state index contributed by atoms with van der Waals surface area (Å²) in [6, 6.07) is 10.4. The first-order valence-corrected chi connectivity index (χ1v) is 10.5. The number of hydrogen-bond donors (Lipinski definition) is 0. The van der Waals surface area contributed by atoms with Crippen molar-refractivity contribution < 1.29 is 19.1 Å². The summed E-state index contributed by atoms with van der Waals surface area (Å²) < 4.78 is 5.07. The molecule has 0 bridgehead atoms. The molecule has 3 aliphatic rings.